The number of benzene rings is 3. The molecular weight excluding hydrogens is 428 g/mol. The van der Waals surface area contributed by atoms with Crippen molar-refractivity contribution in [3.05, 3.63) is 83.4 Å². The van der Waals surface area contributed by atoms with Crippen LogP contribution in [0.3, 0.4) is 0 Å². The van der Waals surface area contributed by atoms with Gasteiger partial charge >= 0.3 is 0 Å². The van der Waals surface area contributed by atoms with Crippen LogP contribution < -0.4 is 24.8 Å². The molecule has 0 aliphatic carbocycles. The lowest BCUT2D eigenvalue weighted by molar-refractivity contribution is -0.118. The first kappa shape index (κ1) is 23.6. The van der Waals surface area contributed by atoms with E-state index in [1.165, 1.54) is 5.56 Å². The maximum absolute atomic E-state index is 11.9. The summed E-state index contributed by atoms with van der Waals surface area (Å²) >= 11 is 0. The van der Waals surface area contributed by atoms with Crippen LogP contribution in [0.1, 0.15) is 30.5 Å². The zero-order valence-electron chi connectivity index (χ0n) is 20.0. The van der Waals surface area contributed by atoms with Crippen LogP contribution in [-0.2, 0) is 24.2 Å². The predicted molar refractivity (Wildman–Crippen MR) is 134 cm³/mol. The molecule has 178 valence electrons. The number of carbonyl (C=O) groups excluding carboxylic acids is 1. The number of carbonyl (C=O) groups is 1. The van der Waals surface area contributed by atoms with E-state index in [1.54, 1.807) is 7.11 Å². The van der Waals surface area contributed by atoms with E-state index in [1.807, 2.05) is 54.6 Å². The number of hydrogen-bond donors (Lipinski definition) is 2. The van der Waals surface area contributed by atoms with Crippen LogP contribution in [0, 0.1) is 0 Å². The number of nitrogens with one attached hydrogen (secondary N) is 2. The standard InChI is InChI=1S/C28H32N2O4/c1-28(2,17-20-9-11-23(32-3)12-10-20)29-14-13-22-15-24(33-18-21-7-5-4-6-8-21)16-25-27(22)34-19-26(31)30-25/h4-12,15-16,29H,13-14,17-19H2,1-3H3,(H,30,31). The first-order valence-electron chi connectivity index (χ1n) is 11.6. The summed E-state index contributed by atoms with van der Waals surface area (Å²) in [5, 5.41) is 6.58. The molecule has 0 unspecified atom stereocenters. The van der Waals surface area contributed by atoms with Gasteiger partial charge in [-0.3, -0.25) is 4.79 Å². The van der Waals surface area contributed by atoms with Gasteiger partial charge in [0.15, 0.2) is 6.61 Å². The lowest BCUT2D eigenvalue weighted by atomic mass is 9.94. The lowest BCUT2D eigenvalue weighted by Gasteiger charge is -2.27. The quantitative estimate of drug-likeness (QED) is 0.457. The third-order valence-electron chi connectivity index (χ3n) is 5.81. The molecule has 1 amide bonds. The van der Waals surface area contributed by atoms with E-state index in [4.69, 9.17) is 14.2 Å². The summed E-state index contributed by atoms with van der Waals surface area (Å²) in [5.41, 5.74) is 3.91. The third-order valence-corrected chi connectivity index (χ3v) is 5.81. The summed E-state index contributed by atoms with van der Waals surface area (Å²) < 4.78 is 17.1. The highest BCUT2D eigenvalue weighted by Gasteiger charge is 2.22. The van der Waals surface area contributed by atoms with Gasteiger partial charge in [-0.15, -0.1) is 0 Å². The Morgan fingerprint density at radius 3 is 2.50 bits per heavy atom. The van der Waals surface area contributed by atoms with Crippen molar-refractivity contribution in [2.45, 2.75) is 38.8 Å². The number of fused-ring (bicyclic) bond motifs is 1. The largest absolute Gasteiger partial charge is 0.497 e. The van der Waals surface area contributed by atoms with Gasteiger partial charge in [-0.05, 0) is 62.6 Å². The van der Waals surface area contributed by atoms with Crippen LogP contribution in [0.5, 0.6) is 17.2 Å². The molecule has 0 bridgehead atoms. The minimum atomic E-state index is -0.155. The smallest absolute Gasteiger partial charge is 0.262 e. The molecule has 3 aromatic carbocycles. The summed E-state index contributed by atoms with van der Waals surface area (Å²) in [7, 11) is 1.68. The van der Waals surface area contributed by atoms with Crippen LogP contribution in [0.4, 0.5) is 5.69 Å². The van der Waals surface area contributed by atoms with E-state index in [9.17, 15) is 4.79 Å². The van der Waals surface area contributed by atoms with Gasteiger partial charge in [0.05, 0.1) is 12.8 Å². The Bertz CT molecular complexity index is 1110. The fourth-order valence-electron chi connectivity index (χ4n) is 4.11. The highest BCUT2D eigenvalue weighted by molar-refractivity contribution is 5.96. The molecule has 1 heterocycles. The average molecular weight is 461 g/mol. The predicted octanol–water partition coefficient (Wildman–Crippen LogP) is 4.76. The topological polar surface area (TPSA) is 68.8 Å². The van der Waals surface area contributed by atoms with E-state index < -0.39 is 0 Å². The van der Waals surface area contributed by atoms with Crippen molar-refractivity contribution in [2.75, 3.05) is 25.6 Å². The molecule has 34 heavy (non-hydrogen) atoms. The van der Waals surface area contributed by atoms with E-state index in [2.05, 4.69) is 36.6 Å². The minimum absolute atomic E-state index is 0.0284. The van der Waals surface area contributed by atoms with Crippen LogP contribution in [0.15, 0.2) is 66.7 Å². The Balaban J connectivity index is 1.42. The Morgan fingerprint density at radius 1 is 1.00 bits per heavy atom. The number of rotatable bonds is 10. The lowest BCUT2D eigenvalue weighted by Crippen LogP contribution is -2.42. The van der Waals surface area contributed by atoms with Crippen molar-refractivity contribution in [2.24, 2.45) is 0 Å². The van der Waals surface area contributed by atoms with E-state index >= 15 is 0 Å². The molecule has 6 nitrogen and oxygen atoms in total. The molecule has 0 aromatic heterocycles. The summed E-state index contributed by atoms with van der Waals surface area (Å²) in [4.78, 5) is 11.9. The highest BCUT2D eigenvalue weighted by Crippen LogP contribution is 2.36. The van der Waals surface area contributed by atoms with Crippen molar-refractivity contribution < 1.29 is 19.0 Å². The monoisotopic (exact) mass is 460 g/mol. The molecule has 0 atom stereocenters. The molecule has 4 rings (SSSR count). The summed E-state index contributed by atoms with van der Waals surface area (Å²) in [6.07, 6.45) is 1.63. The van der Waals surface area contributed by atoms with E-state index in [-0.39, 0.29) is 18.1 Å². The zero-order chi connectivity index (χ0) is 24.0. The highest BCUT2D eigenvalue weighted by atomic mass is 16.5. The Hall–Kier alpha value is -3.51. The molecule has 0 spiro atoms. The van der Waals surface area contributed by atoms with Crippen molar-refractivity contribution in [3.63, 3.8) is 0 Å². The minimum Gasteiger partial charge on any atom is -0.497 e. The van der Waals surface area contributed by atoms with Crippen LogP contribution >= 0.6 is 0 Å². The summed E-state index contributed by atoms with van der Waals surface area (Å²) in [6.45, 7) is 5.64. The van der Waals surface area contributed by atoms with Gasteiger partial charge < -0.3 is 24.8 Å². The number of ether oxygens (including phenoxy) is 3. The molecule has 1 aliphatic rings. The van der Waals surface area contributed by atoms with Gasteiger partial charge in [-0.1, -0.05) is 42.5 Å². The molecule has 0 fully saturated rings. The van der Waals surface area contributed by atoms with Crippen molar-refractivity contribution >= 4 is 11.6 Å². The van der Waals surface area contributed by atoms with Crippen molar-refractivity contribution in [1.82, 2.24) is 5.32 Å². The first-order chi connectivity index (χ1) is 16.4. The zero-order valence-corrected chi connectivity index (χ0v) is 20.0. The van der Waals surface area contributed by atoms with Crippen LogP contribution in [-0.4, -0.2) is 31.7 Å². The van der Waals surface area contributed by atoms with Gasteiger partial charge in [0.1, 0.15) is 23.9 Å². The van der Waals surface area contributed by atoms with E-state index in [0.29, 0.717) is 18.0 Å². The molecule has 2 N–H and O–H groups in total. The first-order valence-corrected chi connectivity index (χ1v) is 11.6. The second-order valence-corrected chi connectivity index (χ2v) is 9.16. The molecule has 3 aromatic rings. The second-order valence-electron chi connectivity index (χ2n) is 9.16. The number of hydrogen-bond acceptors (Lipinski definition) is 5. The molecular formula is C28H32N2O4. The molecule has 1 aliphatic heterocycles. The molecule has 0 saturated carbocycles. The summed E-state index contributed by atoms with van der Waals surface area (Å²) in [5.74, 6) is 2.14. The van der Waals surface area contributed by atoms with Gasteiger partial charge in [-0.2, -0.15) is 0 Å². The summed E-state index contributed by atoms with van der Waals surface area (Å²) in [6, 6.07) is 22.0. The maximum Gasteiger partial charge on any atom is 0.262 e. The van der Waals surface area contributed by atoms with Gasteiger partial charge in [0.25, 0.3) is 5.91 Å². The van der Waals surface area contributed by atoms with E-state index in [0.717, 1.165) is 42.0 Å². The number of amides is 1. The number of anilines is 1. The van der Waals surface area contributed by atoms with Crippen LogP contribution in [0.25, 0.3) is 0 Å². The fraction of sp³-hybridized carbons (Fsp3) is 0.321. The SMILES string of the molecule is COc1ccc(CC(C)(C)NCCc2cc(OCc3ccccc3)cc3c2OCC(=O)N3)cc1. The Labute approximate surface area is 201 Å². The Morgan fingerprint density at radius 2 is 1.76 bits per heavy atom. The average Bonchev–Trinajstić information content (AvgIpc) is 2.83. The molecule has 6 heteroatoms. The maximum atomic E-state index is 11.9. The number of methoxy groups -OCH3 is 1. The molecule has 0 saturated heterocycles. The van der Waals surface area contributed by atoms with Crippen molar-refractivity contribution in [1.29, 1.82) is 0 Å². The van der Waals surface area contributed by atoms with Gasteiger partial charge in [0.2, 0.25) is 0 Å². The third kappa shape index (κ3) is 6.29. The molecule has 0 radical (unpaired) electrons. The van der Waals surface area contributed by atoms with Gasteiger partial charge in [0, 0.05) is 17.2 Å². The normalized spacial score (nSPS) is 13.0. The van der Waals surface area contributed by atoms with Crippen LogP contribution in [0.2, 0.25) is 0 Å². The van der Waals surface area contributed by atoms with Gasteiger partial charge in [-0.25, -0.2) is 0 Å². The van der Waals surface area contributed by atoms with Crippen molar-refractivity contribution in [3.8, 4) is 17.2 Å². The fourth-order valence-corrected chi connectivity index (χ4v) is 4.11. The second kappa shape index (κ2) is 10.6. The Kier molecular flexibility index (Phi) is 7.38.